The summed E-state index contributed by atoms with van der Waals surface area (Å²) in [6.45, 7) is 3.36. The van der Waals surface area contributed by atoms with E-state index in [0.717, 1.165) is 12.0 Å². The Labute approximate surface area is 169 Å². The molecule has 1 amide bonds. The molecule has 0 spiro atoms. The highest BCUT2D eigenvalue weighted by molar-refractivity contribution is 7.89. The van der Waals surface area contributed by atoms with Crippen molar-refractivity contribution in [3.63, 3.8) is 0 Å². The second-order valence-corrected chi connectivity index (χ2v) is 9.21. The van der Waals surface area contributed by atoms with E-state index >= 15 is 0 Å². The molecule has 1 fully saturated rings. The minimum atomic E-state index is -3.74. The molecular formula is C21H23FN2O4S. The maximum atomic E-state index is 14.5. The van der Waals surface area contributed by atoms with Crippen LogP contribution < -0.4 is 4.90 Å². The third kappa shape index (κ3) is 3.68. The third-order valence-corrected chi connectivity index (χ3v) is 7.48. The van der Waals surface area contributed by atoms with E-state index in [1.54, 1.807) is 25.1 Å². The minimum Gasteiger partial charge on any atom is -0.379 e. The maximum Gasteiger partial charge on any atom is 0.258 e. The number of morpholine rings is 1. The number of ether oxygens (including phenoxy) is 1. The summed E-state index contributed by atoms with van der Waals surface area (Å²) in [5.41, 5.74) is 1.89. The molecule has 6 nitrogen and oxygen atoms in total. The van der Waals surface area contributed by atoms with E-state index < -0.39 is 21.7 Å². The van der Waals surface area contributed by atoms with Gasteiger partial charge in [-0.3, -0.25) is 4.79 Å². The summed E-state index contributed by atoms with van der Waals surface area (Å²) in [7, 11) is -3.74. The van der Waals surface area contributed by atoms with Gasteiger partial charge in [0.15, 0.2) is 0 Å². The number of amides is 1. The summed E-state index contributed by atoms with van der Waals surface area (Å²) in [4.78, 5) is 14.7. The molecule has 29 heavy (non-hydrogen) atoms. The van der Waals surface area contributed by atoms with Crippen LogP contribution in [-0.2, 0) is 21.2 Å². The van der Waals surface area contributed by atoms with Crippen LogP contribution in [0.1, 0.15) is 27.9 Å². The largest absolute Gasteiger partial charge is 0.379 e. The van der Waals surface area contributed by atoms with Gasteiger partial charge in [-0.25, -0.2) is 12.8 Å². The van der Waals surface area contributed by atoms with Crippen LogP contribution in [0.5, 0.6) is 0 Å². The Balaban J connectivity index is 1.71. The lowest BCUT2D eigenvalue weighted by atomic mass is 10.00. The summed E-state index contributed by atoms with van der Waals surface area (Å²) in [6, 6.07) is 9.45. The molecule has 154 valence electrons. The molecule has 0 saturated carbocycles. The first-order chi connectivity index (χ1) is 13.9. The number of carbonyl (C=O) groups is 1. The topological polar surface area (TPSA) is 66.9 Å². The molecule has 2 aliphatic heterocycles. The number of carbonyl (C=O) groups excluding carboxylic acids is 1. The summed E-state index contributed by atoms with van der Waals surface area (Å²) in [5.74, 6) is -0.835. The van der Waals surface area contributed by atoms with Gasteiger partial charge < -0.3 is 9.64 Å². The van der Waals surface area contributed by atoms with Crippen molar-refractivity contribution in [2.24, 2.45) is 0 Å². The number of para-hydroxylation sites is 1. The predicted molar refractivity (Wildman–Crippen MR) is 107 cm³/mol. The van der Waals surface area contributed by atoms with Gasteiger partial charge in [0.25, 0.3) is 5.91 Å². The van der Waals surface area contributed by atoms with Crippen molar-refractivity contribution in [3.05, 3.63) is 58.9 Å². The van der Waals surface area contributed by atoms with Crippen molar-refractivity contribution in [1.82, 2.24) is 4.31 Å². The molecule has 0 aliphatic carbocycles. The molecule has 0 unspecified atom stereocenters. The maximum absolute atomic E-state index is 14.5. The first-order valence-electron chi connectivity index (χ1n) is 9.67. The summed E-state index contributed by atoms with van der Waals surface area (Å²) in [6.07, 6.45) is 1.44. The van der Waals surface area contributed by atoms with Crippen molar-refractivity contribution in [2.75, 3.05) is 37.7 Å². The van der Waals surface area contributed by atoms with Gasteiger partial charge in [-0.2, -0.15) is 4.31 Å². The van der Waals surface area contributed by atoms with E-state index in [1.807, 2.05) is 6.07 Å². The molecule has 2 aliphatic rings. The molecule has 2 aromatic carbocycles. The van der Waals surface area contributed by atoms with Crippen molar-refractivity contribution < 1.29 is 22.3 Å². The average molecular weight is 418 g/mol. The first-order valence-corrected chi connectivity index (χ1v) is 11.1. The van der Waals surface area contributed by atoms with Gasteiger partial charge in [-0.1, -0.05) is 18.2 Å². The van der Waals surface area contributed by atoms with Gasteiger partial charge >= 0.3 is 0 Å². The smallest absolute Gasteiger partial charge is 0.258 e. The number of anilines is 1. The van der Waals surface area contributed by atoms with Crippen LogP contribution in [0.3, 0.4) is 0 Å². The number of sulfonamides is 1. The lowest BCUT2D eigenvalue weighted by molar-refractivity contribution is 0.0730. The first kappa shape index (κ1) is 20.0. The molecule has 0 N–H and O–H groups in total. The van der Waals surface area contributed by atoms with E-state index in [9.17, 15) is 17.6 Å². The number of hydrogen-bond acceptors (Lipinski definition) is 4. The summed E-state index contributed by atoms with van der Waals surface area (Å²) in [5, 5.41) is 0. The Morgan fingerprint density at radius 2 is 1.86 bits per heavy atom. The number of aryl methyl sites for hydroxylation is 2. The van der Waals surface area contributed by atoms with Gasteiger partial charge in [0.05, 0.1) is 23.8 Å². The lowest BCUT2D eigenvalue weighted by Gasteiger charge is -2.30. The van der Waals surface area contributed by atoms with Crippen molar-refractivity contribution in [2.45, 2.75) is 24.7 Å². The van der Waals surface area contributed by atoms with Crippen LogP contribution >= 0.6 is 0 Å². The Morgan fingerprint density at radius 3 is 2.62 bits per heavy atom. The van der Waals surface area contributed by atoms with Crippen LogP contribution in [0.2, 0.25) is 0 Å². The van der Waals surface area contributed by atoms with E-state index in [1.165, 1.54) is 21.3 Å². The molecule has 0 radical (unpaired) electrons. The zero-order valence-electron chi connectivity index (χ0n) is 16.2. The quantitative estimate of drug-likeness (QED) is 0.769. The Hall–Kier alpha value is -2.29. The number of halogens is 1. The number of fused-ring (bicyclic) bond motifs is 1. The highest BCUT2D eigenvalue weighted by Gasteiger charge is 2.30. The van der Waals surface area contributed by atoms with Gasteiger partial charge in [0.2, 0.25) is 10.0 Å². The van der Waals surface area contributed by atoms with Crippen LogP contribution in [0.15, 0.2) is 41.3 Å². The summed E-state index contributed by atoms with van der Waals surface area (Å²) >= 11 is 0. The van der Waals surface area contributed by atoms with Crippen LogP contribution in [0, 0.1) is 12.7 Å². The van der Waals surface area contributed by atoms with Gasteiger partial charge in [0.1, 0.15) is 5.82 Å². The molecule has 1 saturated heterocycles. The molecular weight excluding hydrogens is 395 g/mol. The number of hydrogen-bond donors (Lipinski definition) is 0. The van der Waals surface area contributed by atoms with Gasteiger partial charge in [0, 0.05) is 25.2 Å². The van der Waals surface area contributed by atoms with E-state index in [0.29, 0.717) is 37.4 Å². The fourth-order valence-electron chi connectivity index (χ4n) is 3.90. The minimum absolute atomic E-state index is 0.107. The van der Waals surface area contributed by atoms with E-state index in [-0.39, 0.29) is 23.5 Å². The normalized spacial score (nSPS) is 17.8. The third-order valence-electron chi connectivity index (χ3n) is 5.44. The van der Waals surface area contributed by atoms with Crippen molar-refractivity contribution in [1.29, 1.82) is 0 Å². The highest BCUT2D eigenvalue weighted by atomic mass is 32.2. The van der Waals surface area contributed by atoms with Gasteiger partial charge in [-0.15, -0.1) is 0 Å². The van der Waals surface area contributed by atoms with Crippen molar-refractivity contribution >= 4 is 21.6 Å². The monoisotopic (exact) mass is 418 g/mol. The number of nitrogens with zero attached hydrogens (tertiary/aromatic N) is 2. The Morgan fingerprint density at radius 1 is 1.10 bits per heavy atom. The molecule has 4 rings (SSSR count). The van der Waals surface area contributed by atoms with Crippen molar-refractivity contribution in [3.8, 4) is 0 Å². The second-order valence-electron chi connectivity index (χ2n) is 7.30. The molecule has 2 heterocycles. The van der Waals surface area contributed by atoms with E-state index in [4.69, 9.17) is 4.74 Å². The Bertz CT molecular complexity index is 1050. The standard InChI is InChI=1S/C21H23FN2O4S/c1-15-7-8-17(14-19(15)29(26,27)23-10-12-28-13-11-23)21(25)24-9-3-5-16-4-2-6-18(22)20(16)24/h2,4,6-8,14H,3,5,9-13H2,1H3. The zero-order valence-corrected chi connectivity index (χ0v) is 17.0. The molecule has 2 aromatic rings. The fraction of sp³-hybridized carbons (Fsp3) is 0.381. The van der Waals surface area contributed by atoms with Gasteiger partial charge in [-0.05, 0) is 49.1 Å². The van der Waals surface area contributed by atoms with Crippen LogP contribution in [0.25, 0.3) is 0 Å². The van der Waals surface area contributed by atoms with E-state index in [2.05, 4.69) is 0 Å². The Kier molecular flexibility index (Phi) is 5.42. The van der Waals surface area contributed by atoms with Crippen LogP contribution in [-0.4, -0.2) is 51.5 Å². The number of benzene rings is 2. The molecule has 0 atom stereocenters. The lowest BCUT2D eigenvalue weighted by Crippen LogP contribution is -2.41. The predicted octanol–water partition coefficient (Wildman–Crippen LogP) is 2.75. The molecule has 0 bridgehead atoms. The SMILES string of the molecule is Cc1ccc(C(=O)N2CCCc3cccc(F)c32)cc1S(=O)(=O)N1CCOCC1. The number of rotatable bonds is 3. The molecule has 0 aromatic heterocycles. The highest BCUT2D eigenvalue weighted by Crippen LogP contribution is 2.32. The average Bonchev–Trinajstić information content (AvgIpc) is 2.74. The second kappa shape index (κ2) is 7.85. The molecule has 8 heteroatoms. The fourth-order valence-corrected chi connectivity index (χ4v) is 5.56. The zero-order chi connectivity index (χ0) is 20.6. The van der Waals surface area contributed by atoms with Crippen LogP contribution in [0.4, 0.5) is 10.1 Å². The summed E-state index contributed by atoms with van der Waals surface area (Å²) < 4.78 is 47.3.